The van der Waals surface area contributed by atoms with E-state index in [-0.39, 0.29) is 24.0 Å². The lowest BCUT2D eigenvalue weighted by molar-refractivity contribution is 0.399. The molecule has 0 saturated carbocycles. The van der Waals surface area contributed by atoms with Gasteiger partial charge in [-0.2, -0.15) is 5.10 Å². The maximum atomic E-state index is 13.8. The van der Waals surface area contributed by atoms with Crippen molar-refractivity contribution < 1.29 is 13.5 Å². The van der Waals surface area contributed by atoms with Gasteiger partial charge in [0.25, 0.3) is 0 Å². The van der Waals surface area contributed by atoms with E-state index in [4.69, 9.17) is 10.1 Å². The number of hydrogen-bond acceptors (Lipinski definition) is 4. The number of rotatable bonds is 3. The van der Waals surface area contributed by atoms with Gasteiger partial charge in [-0.15, -0.1) is 0 Å². The lowest BCUT2D eigenvalue weighted by Crippen LogP contribution is -2.07. The Morgan fingerprint density at radius 3 is 2.82 bits per heavy atom. The molecule has 1 N–H and O–H groups in total. The Morgan fingerprint density at radius 1 is 1.32 bits per heavy atom. The molecule has 0 spiro atoms. The van der Waals surface area contributed by atoms with Crippen LogP contribution in [0, 0.1) is 17.0 Å². The Hall–Kier alpha value is -2.83. The zero-order valence-corrected chi connectivity index (χ0v) is 11.7. The molecular formula is C15H12F2N4O. The molecule has 7 heteroatoms. The van der Waals surface area contributed by atoms with Gasteiger partial charge in [0, 0.05) is 5.56 Å². The van der Waals surface area contributed by atoms with Crippen molar-refractivity contribution in [3.05, 3.63) is 59.4 Å². The van der Waals surface area contributed by atoms with Crippen LogP contribution in [0.3, 0.4) is 0 Å². The van der Waals surface area contributed by atoms with Crippen LogP contribution in [0.4, 0.5) is 8.78 Å². The van der Waals surface area contributed by atoms with E-state index in [1.807, 2.05) is 0 Å². The smallest absolute Gasteiger partial charge is 0.234 e. The number of nitrogens with zero attached hydrogens (tertiary/aromatic N) is 3. The molecule has 1 aromatic carbocycles. The molecule has 2 aromatic heterocycles. The van der Waals surface area contributed by atoms with E-state index in [1.54, 1.807) is 18.2 Å². The lowest BCUT2D eigenvalue weighted by atomic mass is 10.2. The summed E-state index contributed by atoms with van der Waals surface area (Å²) in [5.41, 5.74) is 0.954. The van der Waals surface area contributed by atoms with E-state index in [2.05, 4.69) is 10.1 Å². The van der Waals surface area contributed by atoms with E-state index in [0.29, 0.717) is 16.6 Å². The number of pyridine rings is 1. The second-order valence-corrected chi connectivity index (χ2v) is 4.66. The standard InChI is InChI=1S/C15H12F2N4O/c1-22-14(18)13-11-6-10(16)7-19-15(11)21(20-13)8-9-4-2-3-5-12(9)17/h2-7,18H,8H2,1H3. The zero-order valence-electron chi connectivity index (χ0n) is 11.7. The second-order valence-electron chi connectivity index (χ2n) is 4.66. The highest BCUT2D eigenvalue weighted by molar-refractivity contribution is 6.02. The largest absolute Gasteiger partial charge is 0.480 e. The van der Waals surface area contributed by atoms with Gasteiger partial charge >= 0.3 is 0 Å². The van der Waals surface area contributed by atoms with E-state index in [1.165, 1.54) is 23.9 Å². The first-order chi connectivity index (χ1) is 10.6. The Labute approximate surface area is 124 Å². The van der Waals surface area contributed by atoms with Crippen molar-refractivity contribution in [3.8, 4) is 0 Å². The maximum absolute atomic E-state index is 13.8. The highest BCUT2D eigenvalue weighted by Gasteiger charge is 2.17. The highest BCUT2D eigenvalue weighted by atomic mass is 19.1. The van der Waals surface area contributed by atoms with Gasteiger partial charge in [-0.05, 0) is 12.1 Å². The lowest BCUT2D eigenvalue weighted by Gasteiger charge is -2.04. The number of halogens is 2. The van der Waals surface area contributed by atoms with Crippen LogP contribution in [0.15, 0.2) is 36.5 Å². The maximum Gasteiger partial charge on any atom is 0.234 e. The van der Waals surface area contributed by atoms with Gasteiger partial charge in [-0.1, -0.05) is 18.2 Å². The fourth-order valence-corrected chi connectivity index (χ4v) is 2.20. The molecule has 3 rings (SSSR count). The van der Waals surface area contributed by atoms with Crippen LogP contribution in [-0.2, 0) is 11.3 Å². The van der Waals surface area contributed by atoms with Gasteiger partial charge in [0.05, 0.1) is 25.2 Å². The van der Waals surface area contributed by atoms with Gasteiger partial charge in [0.1, 0.15) is 11.6 Å². The summed E-state index contributed by atoms with van der Waals surface area (Å²) in [7, 11) is 1.33. The van der Waals surface area contributed by atoms with Crippen molar-refractivity contribution in [2.75, 3.05) is 7.11 Å². The third kappa shape index (κ3) is 2.41. The molecule has 2 heterocycles. The SMILES string of the molecule is COC(=N)c1nn(Cc2ccccc2F)c2ncc(F)cc12. The Balaban J connectivity index is 2.14. The molecule has 3 aromatic rings. The number of aromatic nitrogens is 3. The van der Waals surface area contributed by atoms with E-state index < -0.39 is 5.82 Å². The van der Waals surface area contributed by atoms with E-state index in [0.717, 1.165) is 6.20 Å². The minimum atomic E-state index is -0.539. The molecule has 5 nitrogen and oxygen atoms in total. The first-order valence-corrected chi connectivity index (χ1v) is 6.48. The van der Waals surface area contributed by atoms with Crippen molar-refractivity contribution >= 4 is 16.9 Å². The Bertz CT molecular complexity index is 860. The number of benzene rings is 1. The van der Waals surface area contributed by atoms with Crippen molar-refractivity contribution in [3.63, 3.8) is 0 Å². The fourth-order valence-electron chi connectivity index (χ4n) is 2.20. The summed E-state index contributed by atoms with van der Waals surface area (Å²) >= 11 is 0. The van der Waals surface area contributed by atoms with Crippen molar-refractivity contribution in [2.45, 2.75) is 6.54 Å². The van der Waals surface area contributed by atoms with Gasteiger partial charge in [-0.3, -0.25) is 5.41 Å². The minimum absolute atomic E-state index is 0.124. The topological polar surface area (TPSA) is 63.8 Å². The van der Waals surface area contributed by atoms with Crippen LogP contribution in [0.2, 0.25) is 0 Å². The van der Waals surface area contributed by atoms with Crippen LogP contribution in [-0.4, -0.2) is 27.8 Å². The molecule has 0 fully saturated rings. The first-order valence-electron chi connectivity index (χ1n) is 6.48. The molecule has 0 aliphatic heterocycles. The number of ether oxygens (including phenoxy) is 1. The Morgan fingerprint density at radius 2 is 2.09 bits per heavy atom. The summed E-state index contributed by atoms with van der Waals surface area (Å²) in [5.74, 6) is -1.11. The second kappa shape index (κ2) is 5.51. The summed E-state index contributed by atoms with van der Waals surface area (Å²) in [6, 6.07) is 7.53. The average Bonchev–Trinajstić information content (AvgIpc) is 2.86. The van der Waals surface area contributed by atoms with Crippen LogP contribution < -0.4 is 0 Å². The highest BCUT2D eigenvalue weighted by Crippen LogP contribution is 2.20. The molecule has 22 heavy (non-hydrogen) atoms. The number of methoxy groups -OCH3 is 1. The molecule has 0 amide bonds. The zero-order chi connectivity index (χ0) is 15.7. The molecule has 0 bridgehead atoms. The molecule has 0 aliphatic carbocycles. The van der Waals surface area contributed by atoms with Crippen LogP contribution >= 0.6 is 0 Å². The summed E-state index contributed by atoms with van der Waals surface area (Å²) in [4.78, 5) is 3.99. The number of nitrogens with one attached hydrogen (secondary N) is 1. The third-order valence-corrected chi connectivity index (χ3v) is 3.25. The molecule has 0 atom stereocenters. The van der Waals surface area contributed by atoms with Crippen molar-refractivity contribution in [2.24, 2.45) is 0 Å². The quantitative estimate of drug-likeness (QED) is 0.597. The van der Waals surface area contributed by atoms with Gasteiger partial charge in [0.2, 0.25) is 5.90 Å². The van der Waals surface area contributed by atoms with Crippen LogP contribution in [0.1, 0.15) is 11.3 Å². The molecular weight excluding hydrogens is 290 g/mol. The molecule has 0 aliphatic rings. The summed E-state index contributed by atoms with van der Waals surface area (Å²) in [6.45, 7) is 0.124. The summed E-state index contributed by atoms with van der Waals surface area (Å²) in [5, 5.41) is 12.3. The van der Waals surface area contributed by atoms with Crippen molar-refractivity contribution in [1.82, 2.24) is 14.8 Å². The molecule has 0 saturated heterocycles. The van der Waals surface area contributed by atoms with Gasteiger partial charge in [-0.25, -0.2) is 18.4 Å². The van der Waals surface area contributed by atoms with Crippen molar-refractivity contribution in [1.29, 1.82) is 5.41 Å². The third-order valence-electron chi connectivity index (χ3n) is 3.25. The summed E-state index contributed by atoms with van der Waals surface area (Å²) < 4.78 is 33.5. The van der Waals surface area contributed by atoms with Crippen LogP contribution in [0.25, 0.3) is 11.0 Å². The van der Waals surface area contributed by atoms with Gasteiger partial charge in [0.15, 0.2) is 11.3 Å². The normalized spacial score (nSPS) is 10.9. The molecule has 112 valence electrons. The van der Waals surface area contributed by atoms with Crippen LogP contribution in [0.5, 0.6) is 0 Å². The first kappa shape index (κ1) is 14.1. The Kier molecular flexibility index (Phi) is 3.54. The van der Waals surface area contributed by atoms with Gasteiger partial charge < -0.3 is 4.74 Å². The predicted octanol–water partition coefficient (Wildman–Crippen LogP) is 2.73. The predicted molar refractivity (Wildman–Crippen MR) is 76.8 cm³/mol. The minimum Gasteiger partial charge on any atom is -0.480 e. The van der Waals surface area contributed by atoms with E-state index >= 15 is 0 Å². The molecule has 0 radical (unpaired) electrons. The number of fused-ring (bicyclic) bond motifs is 1. The monoisotopic (exact) mass is 302 g/mol. The van der Waals surface area contributed by atoms with E-state index in [9.17, 15) is 8.78 Å². The fraction of sp³-hybridized carbons (Fsp3) is 0.133. The number of hydrogen-bond donors (Lipinski definition) is 1. The average molecular weight is 302 g/mol. The summed E-state index contributed by atoms with van der Waals surface area (Å²) in [6.07, 6.45) is 1.06. The molecule has 0 unspecified atom stereocenters.